The second-order valence-electron chi connectivity index (χ2n) is 7.07. The van der Waals surface area contributed by atoms with E-state index in [1.165, 1.54) is 17.7 Å². The SMILES string of the molecule is Fc1ccccc1CN1CCN(CCN2CCc3ccccc32)CC1. The predicted octanol–water partition coefficient (Wildman–Crippen LogP) is 3.01. The number of piperazine rings is 1. The zero-order valence-electron chi connectivity index (χ0n) is 14.7. The first-order chi connectivity index (χ1) is 12.3. The van der Waals surface area contributed by atoms with Crippen LogP contribution >= 0.6 is 0 Å². The van der Waals surface area contributed by atoms with Crippen LogP contribution in [0.25, 0.3) is 0 Å². The van der Waals surface area contributed by atoms with Crippen molar-refractivity contribution in [3.05, 3.63) is 65.5 Å². The van der Waals surface area contributed by atoms with Gasteiger partial charge in [0.15, 0.2) is 0 Å². The molecule has 1 saturated heterocycles. The zero-order valence-corrected chi connectivity index (χ0v) is 14.7. The van der Waals surface area contributed by atoms with Crippen molar-refractivity contribution in [2.24, 2.45) is 0 Å². The maximum absolute atomic E-state index is 13.8. The maximum atomic E-state index is 13.8. The molecule has 4 heteroatoms. The second-order valence-corrected chi connectivity index (χ2v) is 7.07. The van der Waals surface area contributed by atoms with Crippen LogP contribution in [0.2, 0.25) is 0 Å². The first-order valence-electron chi connectivity index (χ1n) is 9.30. The number of anilines is 1. The van der Waals surface area contributed by atoms with Crippen LogP contribution in [0.4, 0.5) is 10.1 Å². The molecule has 0 amide bonds. The molecule has 0 bridgehead atoms. The number of halogens is 1. The van der Waals surface area contributed by atoms with E-state index < -0.39 is 0 Å². The van der Waals surface area contributed by atoms with Crippen LogP contribution in [0.15, 0.2) is 48.5 Å². The molecule has 0 saturated carbocycles. The molecular weight excluding hydrogens is 313 g/mol. The molecular formula is C21H26FN3. The summed E-state index contributed by atoms with van der Waals surface area (Å²) in [7, 11) is 0. The van der Waals surface area contributed by atoms with E-state index in [1.807, 2.05) is 12.1 Å². The van der Waals surface area contributed by atoms with Gasteiger partial charge in [-0.1, -0.05) is 36.4 Å². The number of benzene rings is 2. The molecule has 0 radical (unpaired) electrons. The maximum Gasteiger partial charge on any atom is 0.127 e. The number of para-hydroxylation sites is 1. The van der Waals surface area contributed by atoms with Crippen molar-refractivity contribution >= 4 is 5.69 Å². The summed E-state index contributed by atoms with van der Waals surface area (Å²) >= 11 is 0. The average Bonchev–Trinajstić information content (AvgIpc) is 3.06. The topological polar surface area (TPSA) is 9.72 Å². The fourth-order valence-corrected chi connectivity index (χ4v) is 3.94. The van der Waals surface area contributed by atoms with Crippen molar-refractivity contribution in [1.29, 1.82) is 0 Å². The lowest BCUT2D eigenvalue weighted by atomic mass is 10.2. The van der Waals surface area contributed by atoms with E-state index in [1.54, 1.807) is 12.1 Å². The average molecular weight is 339 g/mol. The summed E-state index contributed by atoms with van der Waals surface area (Å²) in [5.74, 6) is -0.0855. The van der Waals surface area contributed by atoms with E-state index in [0.29, 0.717) is 0 Å². The molecule has 2 aromatic carbocycles. The minimum atomic E-state index is -0.0855. The smallest absolute Gasteiger partial charge is 0.127 e. The Kier molecular flexibility index (Phi) is 4.99. The third kappa shape index (κ3) is 3.86. The van der Waals surface area contributed by atoms with Gasteiger partial charge in [-0.3, -0.25) is 9.80 Å². The fourth-order valence-electron chi connectivity index (χ4n) is 3.94. The Balaban J connectivity index is 1.24. The molecule has 132 valence electrons. The molecule has 2 aromatic rings. The van der Waals surface area contributed by atoms with Crippen LogP contribution in [0.3, 0.4) is 0 Å². The second kappa shape index (κ2) is 7.54. The number of fused-ring (bicyclic) bond motifs is 1. The third-order valence-electron chi connectivity index (χ3n) is 5.49. The summed E-state index contributed by atoms with van der Waals surface area (Å²) in [6.45, 7) is 8.27. The minimum absolute atomic E-state index is 0.0855. The lowest BCUT2D eigenvalue weighted by Gasteiger charge is -2.35. The van der Waals surface area contributed by atoms with Gasteiger partial charge in [0.1, 0.15) is 5.82 Å². The Morgan fingerprint density at radius 3 is 2.32 bits per heavy atom. The van der Waals surface area contributed by atoms with Gasteiger partial charge in [0.2, 0.25) is 0 Å². The highest BCUT2D eigenvalue weighted by Gasteiger charge is 2.21. The highest BCUT2D eigenvalue weighted by molar-refractivity contribution is 5.57. The van der Waals surface area contributed by atoms with Crippen molar-refractivity contribution in [3.8, 4) is 0 Å². The molecule has 0 unspecified atom stereocenters. The summed E-state index contributed by atoms with van der Waals surface area (Å²) in [5, 5.41) is 0. The highest BCUT2D eigenvalue weighted by atomic mass is 19.1. The number of rotatable bonds is 5. The van der Waals surface area contributed by atoms with Crippen molar-refractivity contribution < 1.29 is 4.39 Å². The van der Waals surface area contributed by atoms with E-state index in [4.69, 9.17) is 0 Å². The summed E-state index contributed by atoms with van der Waals surface area (Å²) in [6.07, 6.45) is 1.17. The van der Waals surface area contributed by atoms with Gasteiger partial charge in [-0.25, -0.2) is 4.39 Å². The molecule has 0 spiro atoms. The van der Waals surface area contributed by atoms with E-state index in [0.717, 1.165) is 57.9 Å². The largest absolute Gasteiger partial charge is 0.370 e. The molecule has 2 aliphatic rings. The van der Waals surface area contributed by atoms with E-state index in [-0.39, 0.29) is 5.82 Å². The van der Waals surface area contributed by atoms with E-state index >= 15 is 0 Å². The first-order valence-corrected chi connectivity index (χ1v) is 9.30. The van der Waals surface area contributed by atoms with Crippen LogP contribution in [-0.2, 0) is 13.0 Å². The lowest BCUT2D eigenvalue weighted by Crippen LogP contribution is -2.48. The van der Waals surface area contributed by atoms with Crippen LogP contribution in [0, 0.1) is 5.82 Å². The van der Waals surface area contributed by atoms with Crippen molar-refractivity contribution in [2.45, 2.75) is 13.0 Å². The lowest BCUT2D eigenvalue weighted by molar-refractivity contribution is 0.128. The normalized spacial score (nSPS) is 18.5. The molecule has 25 heavy (non-hydrogen) atoms. The van der Waals surface area contributed by atoms with E-state index in [2.05, 4.69) is 39.0 Å². The van der Waals surface area contributed by atoms with Crippen LogP contribution in [0.5, 0.6) is 0 Å². The molecule has 0 aromatic heterocycles. The molecule has 1 fully saturated rings. The summed E-state index contributed by atoms with van der Waals surface area (Å²) in [6, 6.07) is 15.9. The molecule has 0 atom stereocenters. The highest BCUT2D eigenvalue weighted by Crippen LogP contribution is 2.27. The van der Waals surface area contributed by atoms with Crippen LogP contribution in [-0.4, -0.2) is 55.6 Å². The Morgan fingerprint density at radius 1 is 0.760 bits per heavy atom. The van der Waals surface area contributed by atoms with Crippen molar-refractivity contribution in [1.82, 2.24) is 9.80 Å². The molecule has 0 N–H and O–H groups in total. The number of nitrogens with zero attached hydrogens (tertiary/aromatic N) is 3. The van der Waals surface area contributed by atoms with Crippen molar-refractivity contribution in [2.75, 3.05) is 50.7 Å². The molecule has 0 aliphatic carbocycles. The van der Waals surface area contributed by atoms with Gasteiger partial charge >= 0.3 is 0 Å². The van der Waals surface area contributed by atoms with Gasteiger partial charge in [0, 0.05) is 63.6 Å². The summed E-state index contributed by atoms with van der Waals surface area (Å²) in [4.78, 5) is 7.42. The minimum Gasteiger partial charge on any atom is -0.370 e. The molecule has 2 heterocycles. The quantitative estimate of drug-likeness (QED) is 0.829. The summed E-state index contributed by atoms with van der Waals surface area (Å²) < 4.78 is 13.8. The molecule has 3 nitrogen and oxygen atoms in total. The Labute approximate surface area is 149 Å². The van der Waals surface area contributed by atoms with Gasteiger partial charge in [0.25, 0.3) is 0 Å². The zero-order chi connectivity index (χ0) is 17.1. The van der Waals surface area contributed by atoms with Crippen LogP contribution in [0.1, 0.15) is 11.1 Å². The van der Waals surface area contributed by atoms with Crippen molar-refractivity contribution in [3.63, 3.8) is 0 Å². The fraction of sp³-hybridized carbons (Fsp3) is 0.429. The van der Waals surface area contributed by atoms with Gasteiger partial charge < -0.3 is 4.90 Å². The molecule has 4 rings (SSSR count). The van der Waals surface area contributed by atoms with Gasteiger partial charge in [0.05, 0.1) is 0 Å². The Bertz CT molecular complexity index is 710. The Morgan fingerprint density at radius 2 is 1.48 bits per heavy atom. The third-order valence-corrected chi connectivity index (χ3v) is 5.49. The standard InChI is InChI=1S/C21H26FN3/c22-20-7-3-1-6-19(20)17-24-13-11-23(12-14-24)15-16-25-10-9-18-5-2-4-8-21(18)25/h1-8H,9-17H2. The monoisotopic (exact) mass is 339 g/mol. The Hall–Kier alpha value is -1.91. The predicted molar refractivity (Wildman–Crippen MR) is 100 cm³/mol. The summed E-state index contributed by atoms with van der Waals surface area (Å²) in [5.41, 5.74) is 3.71. The molecule has 2 aliphatic heterocycles. The van der Waals surface area contributed by atoms with E-state index in [9.17, 15) is 4.39 Å². The van der Waals surface area contributed by atoms with Crippen LogP contribution < -0.4 is 4.90 Å². The number of hydrogen-bond donors (Lipinski definition) is 0. The number of hydrogen-bond acceptors (Lipinski definition) is 3. The first kappa shape index (κ1) is 16.6. The van der Waals surface area contributed by atoms with Gasteiger partial charge in [-0.15, -0.1) is 0 Å². The van der Waals surface area contributed by atoms with Gasteiger partial charge in [-0.2, -0.15) is 0 Å². The van der Waals surface area contributed by atoms with Gasteiger partial charge in [-0.05, 0) is 24.1 Å².